The predicted molar refractivity (Wildman–Crippen MR) is 41.4 cm³/mol. The molecule has 0 spiro atoms. The molecule has 0 saturated heterocycles. The van der Waals surface area contributed by atoms with Crippen LogP contribution < -0.4 is 5.32 Å². The van der Waals surface area contributed by atoms with Gasteiger partial charge in [0.1, 0.15) is 11.9 Å². The van der Waals surface area contributed by atoms with E-state index < -0.39 is 0 Å². The van der Waals surface area contributed by atoms with Crippen LogP contribution in [0.25, 0.3) is 0 Å². The third-order valence-corrected chi connectivity index (χ3v) is 0.975. The summed E-state index contributed by atoms with van der Waals surface area (Å²) in [6.07, 6.45) is 1.43. The van der Waals surface area contributed by atoms with Crippen molar-refractivity contribution in [1.29, 1.82) is 5.26 Å². The van der Waals surface area contributed by atoms with Gasteiger partial charge < -0.3 is 5.32 Å². The highest BCUT2D eigenvalue weighted by atomic mass is 15.0. The Morgan fingerprint density at radius 2 is 2.40 bits per heavy atom. The summed E-state index contributed by atoms with van der Waals surface area (Å²) in [6.45, 7) is 6.72. The van der Waals surface area contributed by atoms with Gasteiger partial charge in [0.15, 0.2) is 0 Å². The van der Waals surface area contributed by atoms with E-state index in [-0.39, 0.29) is 0 Å². The number of nitriles is 1. The lowest BCUT2D eigenvalue weighted by Crippen LogP contribution is -2.05. The first-order valence-electron chi connectivity index (χ1n) is 2.71. The number of hydrogen-bond acceptors (Lipinski definition) is 3. The summed E-state index contributed by atoms with van der Waals surface area (Å²) in [7, 11) is 1.67. The normalized spacial score (nSPS) is 10.8. The molecule has 0 aromatic heterocycles. The fourth-order valence-corrected chi connectivity index (χ4v) is 0.494. The van der Waals surface area contributed by atoms with Crippen LogP contribution in [0.4, 0.5) is 0 Å². The maximum absolute atomic E-state index is 8.45. The molecule has 0 bridgehead atoms. The Kier molecular flexibility index (Phi) is 3.66. The number of hydrogen-bond donors (Lipinski definition) is 1. The van der Waals surface area contributed by atoms with E-state index in [2.05, 4.69) is 23.6 Å². The average Bonchev–Trinajstić information content (AvgIpc) is 2.00. The van der Waals surface area contributed by atoms with E-state index in [9.17, 15) is 0 Å². The first-order valence-corrected chi connectivity index (χ1v) is 2.71. The van der Waals surface area contributed by atoms with Gasteiger partial charge in [-0.25, -0.2) is 4.99 Å². The van der Waals surface area contributed by atoms with Gasteiger partial charge in [-0.2, -0.15) is 5.26 Å². The van der Waals surface area contributed by atoms with Gasteiger partial charge >= 0.3 is 0 Å². The zero-order valence-corrected chi connectivity index (χ0v) is 5.89. The second kappa shape index (κ2) is 4.33. The molecule has 0 aromatic carbocycles. The van der Waals surface area contributed by atoms with E-state index in [0.717, 1.165) is 0 Å². The summed E-state index contributed by atoms with van der Waals surface area (Å²) in [5, 5.41) is 11.2. The summed E-state index contributed by atoms with van der Waals surface area (Å²) in [4.78, 5) is 3.57. The van der Waals surface area contributed by atoms with Crippen LogP contribution in [0.15, 0.2) is 29.0 Å². The Hall–Kier alpha value is -1.56. The van der Waals surface area contributed by atoms with Crippen molar-refractivity contribution in [2.75, 3.05) is 7.05 Å². The van der Waals surface area contributed by atoms with Crippen molar-refractivity contribution >= 4 is 6.72 Å². The zero-order chi connectivity index (χ0) is 7.98. The molecule has 1 N–H and O–H groups in total. The molecule has 0 aliphatic heterocycles. The minimum Gasteiger partial charge on any atom is -0.372 e. The molecule has 52 valence electrons. The molecule has 0 saturated carbocycles. The van der Waals surface area contributed by atoms with Crippen molar-refractivity contribution in [2.24, 2.45) is 4.99 Å². The second-order valence-corrected chi connectivity index (χ2v) is 1.49. The molecule has 0 aromatic rings. The SMILES string of the molecule is C=C/C(C#N)=C(\N=C)NC. The molecule has 0 fully saturated rings. The predicted octanol–water partition coefficient (Wildman–Crippen LogP) is 0.828. The third-order valence-electron chi connectivity index (χ3n) is 0.975. The minimum atomic E-state index is 0.400. The van der Waals surface area contributed by atoms with Gasteiger partial charge in [-0.15, -0.1) is 0 Å². The van der Waals surface area contributed by atoms with Crippen molar-refractivity contribution in [1.82, 2.24) is 5.32 Å². The minimum absolute atomic E-state index is 0.400. The van der Waals surface area contributed by atoms with E-state index in [1.165, 1.54) is 6.08 Å². The second-order valence-electron chi connectivity index (χ2n) is 1.49. The fourth-order valence-electron chi connectivity index (χ4n) is 0.494. The fraction of sp³-hybridized carbons (Fsp3) is 0.143. The Bertz CT molecular complexity index is 207. The van der Waals surface area contributed by atoms with E-state index in [4.69, 9.17) is 5.26 Å². The van der Waals surface area contributed by atoms with Gasteiger partial charge in [0.25, 0.3) is 0 Å². The van der Waals surface area contributed by atoms with Crippen molar-refractivity contribution in [3.05, 3.63) is 24.0 Å². The number of rotatable bonds is 3. The van der Waals surface area contributed by atoms with Crippen LogP contribution in [-0.4, -0.2) is 13.8 Å². The summed E-state index contributed by atoms with van der Waals surface area (Å²) in [5.41, 5.74) is 0.400. The lowest BCUT2D eigenvalue weighted by molar-refractivity contribution is 0.960. The molecule has 0 radical (unpaired) electrons. The van der Waals surface area contributed by atoms with Gasteiger partial charge in [-0.05, 0) is 12.8 Å². The first kappa shape index (κ1) is 8.44. The Balaban J connectivity index is 4.73. The third kappa shape index (κ3) is 1.75. The topological polar surface area (TPSA) is 48.2 Å². The Morgan fingerprint density at radius 3 is 2.50 bits per heavy atom. The number of aliphatic imine (C=N–C) groups is 1. The lowest BCUT2D eigenvalue weighted by atomic mass is 10.3. The van der Waals surface area contributed by atoms with Crippen molar-refractivity contribution in [3.63, 3.8) is 0 Å². The molecular weight excluding hydrogens is 126 g/mol. The first-order chi connectivity index (χ1) is 4.79. The monoisotopic (exact) mass is 135 g/mol. The average molecular weight is 135 g/mol. The van der Waals surface area contributed by atoms with Crippen molar-refractivity contribution in [3.8, 4) is 6.07 Å². The molecule has 3 nitrogen and oxygen atoms in total. The number of nitrogens with zero attached hydrogens (tertiary/aromatic N) is 2. The highest BCUT2D eigenvalue weighted by Crippen LogP contribution is 2.00. The molecular formula is C7H9N3. The summed E-state index contributed by atoms with van der Waals surface area (Å²) >= 11 is 0. The van der Waals surface area contributed by atoms with Crippen LogP contribution in [0.5, 0.6) is 0 Å². The van der Waals surface area contributed by atoms with Gasteiger partial charge in [0.2, 0.25) is 0 Å². The Morgan fingerprint density at radius 1 is 1.80 bits per heavy atom. The maximum Gasteiger partial charge on any atom is 0.142 e. The quantitative estimate of drug-likeness (QED) is 0.354. The van der Waals surface area contributed by atoms with E-state index in [1.807, 2.05) is 6.07 Å². The molecule has 10 heavy (non-hydrogen) atoms. The van der Waals surface area contributed by atoms with Crippen LogP contribution in [-0.2, 0) is 0 Å². The van der Waals surface area contributed by atoms with Crippen LogP contribution in [0.3, 0.4) is 0 Å². The van der Waals surface area contributed by atoms with Crippen molar-refractivity contribution in [2.45, 2.75) is 0 Å². The smallest absolute Gasteiger partial charge is 0.142 e. The summed E-state index contributed by atoms with van der Waals surface area (Å²) in [5.74, 6) is 0.456. The summed E-state index contributed by atoms with van der Waals surface area (Å²) < 4.78 is 0. The highest BCUT2D eigenvalue weighted by Gasteiger charge is 1.95. The zero-order valence-electron chi connectivity index (χ0n) is 5.89. The molecule has 0 heterocycles. The lowest BCUT2D eigenvalue weighted by Gasteiger charge is -1.98. The van der Waals surface area contributed by atoms with E-state index >= 15 is 0 Å². The van der Waals surface area contributed by atoms with Gasteiger partial charge in [0, 0.05) is 7.05 Å². The molecule has 0 unspecified atom stereocenters. The maximum atomic E-state index is 8.45. The molecule has 0 atom stereocenters. The van der Waals surface area contributed by atoms with E-state index in [0.29, 0.717) is 11.4 Å². The van der Waals surface area contributed by atoms with Crippen LogP contribution in [0.2, 0.25) is 0 Å². The molecule has 0 aliphatic rings. The molecule has 0 rings (SSSR count). The summed E-state index contributed by atoms with van der Waals surface area (Å²) in [6, 6.07) is 1.92. The standard InChI is InChI=1S/C7H9N3/c1-4-6(5-8)7(9-2)10-3/h4,10H,1-2H2,3H3/b7-6-. The van der Waals surface area contributed by atoms with Crippen LogP contribution in [0, 0.1) is 11.3 Å². The van der Waals surface area contributed by atoms with Crippen LogP contribution in [0.1, 0.15) is 0 Å². The van der Waals surface area contributed by atoms with Gasteiger partial charge in [0.05, 0.1) is 5.57 Å². The van der Waals surface area contributed by atoms with Crippen molar-refractivity contribution < 1.29 is 0 Å². The van der Waals surface area contributed by atoms with Crippen LogP contribution >= 0.6 is 0 Å². The van der Waals surface area contributed by atoms with Gasteiger partial charge in [-0.3, -0.25) is 0 Å². The number of nitrogens with one attached hydrogen (secondary N) is 1. The Labute approximate surface area is 60.4 Å². The molecule has 3 heteroatoms. The largest absolute Gasteiger partial charge is 0.372 e. The molecule has 0 aliphatic carbocycles. The van der Waals surface area contributed by atoms with Gasteiger partial charge in [-0.1, -0.05) is 6.58 Å². The number of allylic oxidation sites excluding steroid dienone is 2. The molecule has 0 amide bonds. The van der Waals surface area contributed by atoms with E-state index in [1.54, 1.807) is 7.05 Å². The highest BCUT2D eigenvalue weighted by molar-refractivity contribution is 5.39.